The molecule has 0 atom stereocenters. The molecule has 0 bridgehead atoms. The van der Waals surface area contributed by atoms with Gasteiger partial charge in [0, 0.05) is 31.7 Å². The number of hydrogen-bond donors (Lipinski definition) is 0. The number of hydrogen-bond acceptors (Lipinski definition) is 6. The molecule has 3 aromatic carbocycles. The van der Waals surface area contributed by atoms with E-state index in [4.69, 9.17) is 0 Å². The number of aryl methyl sites for hydroxylation is 1. The Kier molecular flexibility index (Phi) is 7.75. The van der Waals surface area contributed by atoms with Crippen molar-refractivity contribution in [3.05, 3.63) is 96.1 Å². The van der Waals surface area contributed by atoms with Crippen LogP contribution in [-0.4, -0.2) is 48.5 Å². The van der Waals surface area contributed by atoms with Crippen LogP contribution in [0.2, 0.25) is 0 Å². The largest absolute Gasteiger partial charge is 0.308 e. The molecular formula is C28H28N4O4S. The van der Waals surface area contributed by atoms with Gasteiger partial charge in [-0.1, -0.05) is 49.4 Å². The van der Waals surface area contributed by atoms with E-state index in [9.17, 15) is 18.0 Å². The molecule has 37 heavy (non-hydrogen) atoms. The molecule has 0 aliphatic carbocycles. The molecule has 4 aromatic rings. The first-order valence-corrected chi connectivity index (χ1v) is 13.3. The molecule has 9 heteroatoms. The Balaban J connectivity index is 1.70. The molecule has 0 unspecified atom stereocenters. The van der Waals surface area contributed by atoms with Gasteiger partial charge in [0.15, 0.2) is 5.82 Å². The van der Waals surface area contributed by atoms with E-state index in [1.807, 2.05) is 49.4 Å². The molecule has 0 radical (unpaired) electrons. The van der Waals surface area contributed by atoms with Gasteiger partial charge in [0.2, 0.25) is 21.7 Å². The molecule has 1 amide bonds. The SMILES string of the molecule is CCc1ccnc(C(=O)CC(=O)N(Cc2ccc3ccccc3c2)c2cccc(S(=O)(=O)N(C)C)c2)n1. The highest BCUT2D eigenvalue weighted by Crippen LogP contribution is 2.25. The number of nitrogens with zero attached hydrogens (tertiary/aromatic N) is 4. The third-order valence-electron chi connectivity index (χ3n) is 6.00. The third-order valence-corrected chi connectivity index (χ3v) is 7.81. The van der Waals surface area contributed by atoms with E-state index in [1.165, 1.54) is 37.3 Å². The Bertz CT molecular complexity index is 1570. The normalized spacial score (nSPS) is 11.6. The van der Waals surface area contributed by atoms with Crippen LogP contribution in [-0.2, 0) is 27.8 Å². The Hall–Kier alpha value is -3.95. The van der Waals surface area contributed by atoms with Crippen molar-refractivity contribution < 1.29 is 18.0 Å². The van der Waals surface area contributed by atoms with Crippen molar-refractivity contribution in [3.63, 3.8) is 0 Å². The number of Topliss-reactive ketones (excluding diaryl/α,β-unsaturated/α-hetero) is 1. The highest BCUT2D eigenvalue weighted by atomic mass is 32.2. The van der Waals surface area contributed by atoms with Gasteiger partial charge in [-0.15, -0.1) is 0 Å². The first-order valence-electron chi connectivity index (χ1n) is 11.8. The molecular weight excluding hydrogens is 488 g/mol. The maximum atomic E-state index is 13.5. The number of anilines is 1. The van der Waals surface area contributed by atoms with Crippen molar-refractivity contribution in [1.29, 1.82) is 0 Å². The van der Waals surface area contributed by atoms with Crippen LogP contribution in [0.15, 0.2) is 83.9 Å². The summed E-state index contributed by atoms with van der Waals surface area (Å²) in [5.41, 5.74) is 1.92. The number of benzene rings is 3. The summed E-state index contributed by atoms with van der Waals surface area (Å²) < 4.78 is 26.6. The summed E-state index contributed by atoms with van der Waals surface area (Å²) in [5.74, 6) is -0.994. The molecule has 190 valence electrons. The molecule has 0 N–H and O–H groups in total. The lowest BCUT2D eigenvalue weighted by atomic mass is 10.1. The van der Waals surface area contributed by atoms with Crippen LogP contribution in [0.25, 0.3) is 10.8 Å². The average molecular weight is 517 g/mol. The second-order valence-electron chi connectivity index (χ2n) is 8.77. The van der Waals surface area contributed by atoms with Crippen molar-refractivity contribution in [1.82, 2.24) is 14.3 Å². The number of carbonyl (C=O) groups is 2. The van der Waals surface area contributed by atoms with Gasteiger partial charge in [-0.3, -0.25) is 9.59 Å². The fraction of sp³-hybridized carbons (Fsp3) is 0.214. The molecule has 0 fully saturated rings. The monoisotopic (exact) mass is 516 g/mol. The molecule has 0 aliphatic heterocycles. The van der Waals surface area contributed by atoms with Gasteiger partial charge in [-0.05, 0) is 53.1 Å². The minimum Gasteiger partial charge on any atom is -0.308 e. The molecule has 4 rings (SSSR count). The number of aromatic nitrogens is 2. The number of fused-ring (bicyclic) bond motifs is 1. The van der Waals surface area contributed by atoms with E-state index in [1.54, 1.807) is 18.2 Å². The predicted octanol–water partition coefficient (Wildman–Crippen LogP) is 4.25. The van der Waals surface area contributed by atoms with Gasteiger partial charge in [0.05, 0.1) is 17.9 Å². The maximum absolute atomic E-state index is 13.5. The fourth-order valence-electron chi connectivity index (χ4n) is 3.91. The summed E-state index contributed by atoms with van der Waals surface area (Å²) in [6.07, 6.45) is 1.69. The van der Waals surface area contributed by atoms with Crippen molar-refractivity contribution in [2.75, 3.05) is 19.0 Å². The molecule has 8 nitrogen and oxygen atoms in total. The van der Waals surface area contributed by atoms with Crippen LogP contribution in [0.1, 0.15) is 35.2 Å². The molecule has 1 aromatic heterocycles. The number of ketones is 1. The zero-order valence-electron chi connectivity index (χ0n) is 21.0. The van der Waals surface area contributed by atoms with Crippen molar-refractivity contribution in [3.8, 4) is 0 Å². The lowest BCUT2D eigenvalue weighted by molar-refractivity contribution is -0.117. The summed E-state index contributed by atoms with van der Waals surface area (Å²) in [6.45, 7) is 2.07. The molecule has 1 heterocycles. The summed E-state index contributed by atoms with van der Waals surface area (Å²) in [6, 6.07) is 21.6. The Morgan fingerprint density at radius 2 is 1.65 bits per heavy atom. The van der Waals surface area contributed by atoms with E-state index in [-0.39, 0.29) is 17.3 Å². The summed E-state index contributed by atoms with van der Waals surface area (Å²) in [5, 5.41) is 2.07. The number of sulfonamides is 1. The second kappa shape index (κ2) is 11.0. The summed E-state index contributed by atoms with van der Waals surface area (Å²) in [4.78, 5) is 36.2. The van der Waals surface area contributed by atoms with Crippen LogP contribution >= 0.6 is 0 Å². The minimum absolute atomic E-state index is 0.0118. The molecule has 0 saturated carbocycles. The molecule has 0 aliphatic rings. The smallest absolute Gasteiger partial charge is 0.242 e. The van der Waals surface area contributed by atoms with Gasteiger partial charge in [-0.25, -0.2) is 22.7 Å². The van der Waals surface area contributed by atoms with Crippen LogP contribution in [0, 0.1) is 0 Å². The maximum Gasteiger partial charge on any atom is 0.242 e. The first kappa shape index (κ1) is 26.1. The van der Waals surface area contributed by atoms with Gasteiger partial charge in [0.25, 0.3) is 0 Å². The van der Waals surface area contributed by atoms with E-state index in [2.05, 4.69) is 9.97 Å². The van der Waals surface area contributed by atoms with Gasteiger partial charge in [0.1, 0.15) is 0 Å². The van der Waals surface area contributed by atoms with Crippen LogP contribution in [0.3, 0.4) is 0 Å². The van der Waals surface area contributed by atoms with Crippen molar-refractivity contribution in [2.24, 2.45) is 0 Å². The zero-order valence-corrected chi connectivity index (χ0v) is 21.8. The second-order valence-corrected chi connectivity index (χ2v) is 10.9. The van der Waals surface area contributed by atoms with Gasteiger partial charge >= 0.3 is 0 Å². The topological polar surface area (TPSA) is 101 Å². The number of carbonyl (C=O) groups excluding carboxylic acids is 2. The lowest BCUT2D eigenvalue weighted by Gasteiger charge is -2.24. The molecule has 0 spiro atoms. The number of amides is 1. The van der Waals surface area contributed by atoms with Crippen molar-refractivity contribution >= 4 is 38.2 Å². The third kappa shape index (κ3) is 5.90. The summed E-state index contributed by atoms with van der Waals surface area (Å²) >= 11 is 0. The number of rotatable bonds is 9. The van der Waals surface area contributed by atoms with E-state index in [0.717, 1.165) is 20.6 Å². The Labute approximate surface area is 216 Å². The highest BCUT2D eigenvalue weighted by molar-refractivity contribution is 7.89. The zero-order chi connectivity index (χ0) is 26.6. The van der Waals surface area contributed by atoms with Gasteiger partial charge in [-0.2, -0.15) is 0 Å². The van der Waals surface area contributed by atoms with E-state index < -0.39 is 28.1 Å². The van der Waals surface area contributed by atoms with E-state index in [0.29, 0.717) is 17.8 Å². The van der Waals surface area contributed by atoms with Crippen molar-refractivity contribution in [2.45, 2.75) is 31.2 Å². The molecule has 0 saturated heterocycles. The fourth-order valence-corrected chi connectivity index (χ4v) is 4.85. The Morgan fingerprint density at radius 3 is 2.38 bits per heavy atom. The Morgan fingerprint density at radius 1 is 0.892 bits per heavy atom. The highest BCUT2D eigenvalue weighted by Gasteiger charge is 2.24. The lowest BCUT2D eigenvalue weighted by Crippen LogP contribution is -2.32. The van der Waals surface area contributed by atoms with Crippen LogP contribution in [0.5, 0.6) is 0 Å². The minimum atomic E-state index is -3.73. The standard InChI is InChI=1S/C28H28N4O4S/c1-4-23-14-15-29-28(30-23)26(33)18-27(34)32(19-20-12-13-21-8-5-6-9-22(21)16-20)24-10-7-11-25(17-24)37(35,36)31(2)3/h5-17H,4,18-19H2,1-3H3. The predicted molar refractivity (Wildman–Crippen MR) is 143 cm³/mol. The quantitative estimate of drug-likeness (QED) is 0.244. The van der Waals surface area contributed by atoms with Crippen LogP contribution in [0.4, 0.5) is 5.69 Å². The first-order chi connectivity index (χ1) is 17.7. The van der Waals surface area contributed by atoms with Gasteiger partial charge < -0.3 is 4.90 Å². The van der Waals surface area contributed by atoms with E-state index >= 15 is 0 Å². The summed E-state index contributed by atoms with van der Waals surface area (Å²) in [7, 11) is -0.831. The van der Waals surface area contributed by atoms with Crippen LogP contribution < -0.4 is 4.90 Å². The average Bonchev–Trinajstić information content (AvgIpc) is 2.91.